The lowest BCUT2D eigenvalue weighted by atomic mass is 9.93. The van der Waals surface area contributed by atoms with E-state index in [4.69, 9.17) is 17.3 Å². The Kier molecular flexibility index (Phi) is 6.74. The second-order valence-corrected chi connectivity index (χ2v) is 9.68. The Morgan fingerprint density at radius 3 is 2.65 bits per heavy atom. The fourth-order valence-electron chi connectivity index (χ4n) is 4.58. The molecule has 2 aliphatic rings. The van der Waals surface area contributed by atoms with E-state index in [2.05, 4.69) is 15.3 Å². The van der Waals surface area contributed by atoms with Crippen LogP contribution in [0.1, 0.15) is 57.7 Å². The average Bonchev–Trinajstić information content (AvgIpc) is 3.01. The summed E-state index contributed by atoms with van der Waals surface area (Å²) < 4.78 is 0. The summed E-state index contributed by atoms with van der Waals surface area (Å²) in [5.74, 6) is -0.146. The molecule has 34 heavy (non-hydrogen) atoms. The van der Waals surface area contributed by atoms with Crippen LogP contribution in [0, 0.1) is 0 Å². The Balaban J connectivity index is 1.50. The Labute approximate surface area is 203 Å². The summed E-state index contributed by atoms with van der Waals surface area (Å²) in [6.45, 7) is 4.16. The lowest BCUT2D eigenvalue weighted by Crippen LogP contribution is -2.41. The minimum Gasteiger partial charge on any atom is -0.368 e. The van der Waals surface area contributed by atoms with Gasteiger partial charge in [-0.15, -0.1) is 0 Å². The van der Waals surface area contributed by atoms with Crippen molar-refractivity contribution in [3.63, 3.8) is 0 Å². The van der Waals surface area contributed by atoms with Crippen molar-refractivity contribution in [2.75, 3.05) is 18.8 Å². The molecule has 180 valence electrons. The molecule has 0 spiro atoms. The first-order valence-electron chi connectivity index (χ1n) is 11.5. The van der Waals surface area contributed by atoms with E-state index in [0.717, 1.165) is 36.1 Å². The maximum atomic E-state index is 13.3. The molecule has 0 saturated carbocycles. The lowest BCUT2D eigenvalue weighted by Gasteiger charge is -2.36. The van der Waals surface area contributed by atoms with Crippen molar-refractivity contribution in [2.24, 2.45) is 0 Å². The SMILES string of the molecule is CC1(C)NC(=O)N(CCCC(=O)N2CCCC[C@H]2c2nc(N)ncc2-c2ccc(Cl)cc2)C1=O. The Morgan fingerprint density at radius 1 is 1.24 bits per heavy atom. The highest BCUT2D eigenvalue weighted by Gasteiger charge is 2.43. The highest BCUT2D eigenvalue weighted by molar-refractivity contribution is 6.30. The zero-order chi connectivity index (χ0) is 24.5. The van der Waals surface area contributed by atoms with Crippen LogP contribution in [0.4, 0.5) is 10.7 Å². The van der Waals surface area contributed by atoms with E-state index in [1.165, 1.54) is 4.90 Å². The third kappa shape index (κ3) is 4.84. The molecule has 9 nitrogen and oxygen atoms in total. The number of nitrogens with zero attached hydrogens (tertiary/aromatic N) is 4. The van der Waals surface area contributed by atoms with Crippen molar-refractivity contribution in [1.82, 2.24) is 25.1 Å². The third-order valence-electron chi connectivity index (χ3n) is 6.35. The smallest absolute Gasteiger partial charge is 0.325 e. The van der Waals surface area contributed by atoms with Crippen LogP contribution in [0.5, 0.6) is 0 Å². The van der Waals surface area contributed by atoms with Gasteiger partial charge < -0.3 is 16.0 Å². The number of benzene rings is 1. The molecule has 0 radical (unpaired) electrons. The molecule has 2 aromatic rings. The first-order valence-corrected chi connectivity index (χ1v) is 11.9. The number of carbonyl (C=O) groups excluding carboxylic acids is 3. The van der Waals surface area contributed by atoms with Crippen molar-refractivity contribution >= 4 is 35.4 Å². The van der Waals surface area contributed by atoms with Gasteiger partial charge >= 0.3 is 6.03 Å². The first-order chi connectivity index (χ1) is 16.2. The van der Waals surface area contributed by atoms with Crippen LogP contribution < -0.4 is 11.1 Å². The number of nitrogens with one attached hydrogen (secondary N) is 1. The molecule has 2 fully saturated rings. The van der Waals surface area contributed by atoms with E-state index < -0.39 is 11.6 Å². The minimum absolute atomic E-state index is 0.0322. The summed E-state index contributed by atoms with van der Waals surface area (Å²) in [7, 11) is 0. The molecule has 1 atom stereocenters. The molecule has 1 aromatic heterocycles. The molecule has 4 rings (SSSR count). The van der Waals surface area contributed by atoms with E-state index in [9.17, 15) is 14.4 Å². The molecular weight excluding hydrogens is 456 g/mol. The molecule has 4 amide bonds. The van der Waals surface area contributed by atoms with Crippen molar-refractivity contribution < 1.29 is 14.4 Å². The molecule has 10 heteroatoms. The van der Waals surface area contributed by atoms with Gasteiger partial charge in [-0.25, -0.2) is 14.8 Å². The van der Waals surface area contributed by atoms with Crippen molar-refractivity contribution in [1.29, 1.82) is 0 Å². The van der Waals surface area contributed by atoms with E-state index in [1.807, 2.05) is 17.0 Å². The molecule has 0 unspecified atom stereocenters. The van der Waals surface area contributed by atoms with Crippen LogP contribution in [0.3, 0.4) is 0 Å². The van der Waals surface area contributed by atoms with Gasteiger partial charge in [-0.05, 0) is 57.2 Å². The molecule has 0 bridgehead atoms. The van der Waals surface area contributed by atoms with Crippen molar-refractivity contribution in [2.45, 2.75) is 57.5 Å². The van der Waals surface area contributed by atoms with Gasteiger partial charge in [0, 0.05) is 36.3 Å². The van der Waals surface area contributed by atoms with Crippen LogP contribution in [-0.4, -0.2) is 56.2 Å². The maximum absolute atomic E-state index is 13.3. The van der Waals surface area contributed by atoms with Crippen LogP contribution in [0.15, 0.2) is 30.5 Å². The number of nitrogens with two attached hydrogens (primary N) is 1. The lowest BCUT2D eigenvalue weighted by molar-refractivity contribution is -0.136. The molecular formula is C24H29ClN6O3. The number of carbonyl (C=O) groups is 3. The van der Waals surface area contributed by atoms with E-state index >= 15 is 0 Å². The normalized spacial score (nSPS) is 19.9. The number of rotatable bonds is 6. The molecule has 2 aliphatic heterocycles. The number of halogens is 1. The van der Waals surface area contributed by atoms with Gasteiger partial charge in [0.15, 0.2) is 0 Å². The number of hydrogen-bond donors (Lipinski definition) is 2. The fraction of sp³-hybridized carbons (Fsp3) is 0.458. The number of nitrogen functional groups attached to an aromatic ring is 1. The summed E-state index contributed by atoms with van der Waals surface area (Å²) >= 11 is 6.05. The Morgan fingerprint density at radius 2 is 1.97 bits per heavy atom. The molecule has 0 aliphatic carbocycles. The zero-order valence-electron chi connectivity index (χ0n) is 19.4. The third-order valence-corrected chi connectivity index (χ3v) is 6.60. The topological polar surface area (TPSA) is 122 Å². The monoisotopic (exact) mass is 484 g/mol. The van der Waals surface area contributed by atoms with Gasteiger partial charge in [-0.1, -0.05) is 23.7 Å². The number of imide groups is 1. The number of urea groups is 1. The number of hydrogen-bond acceptors (Lipinski definition) is 6. The van der Waals surface area contributed by atoms with Crippen molar-refractivity contribution in [3.05, 3.63) is 41.2 Å². The number of anilines is 1. The first kappa shape index (κ1) is 23.9. The van der Waals surface area contributed by atoms with Gasteiger partial charge in [0.1, 0.15) is 5.54 Å². The molecule has 3 heterocycles. The summed E-state index contributed by atoms with van der Waals surface area (Å²) in [5.41, 5.74) is 7.46. The van der Waals surface area contributed by atoms with E-state index in [0.29, 0.717) is 18.0 Å². The predicted octanol–water partition coefficient (Wildman–Crippen LogP) is 3.54. The molecule has 2 saturated heterocycles. The Hall–Kier alpha value is -3.20. The van der Waals surface area contributed by atoms with Crippen LogP contribution in [0.25, 0.3) is 11.1 Å². The number of likely N-dealkylation sites (tertiary alicyclic amines) is 1. The summed E-state index contributed by atoms with van der Waals surface area (Å²) in [6, 6.07) is 6.76. The van der Waals surface area contributed by atoms with Gasteiger partial charge in [0.05, 0.1) is 11.7 Å². The van der Waals surface area contributed by atoms with E-state index in [-0.39, 0.29) is 36.8 Å². The van der Waals surface area contributed by atoms with Crippen LogP contribution in [0.2, 0.25) is 5.02 Å². The average molecular weight is 485 g/mol. The van der Waals surface area contributed by atoms with Gasteiger partial charge in [0.2, 0.25) is 11.9 Å². The Bertz CT molecular complexity index is 1100. The largest absolute Gasteiger partial charge is 0.368 e. The van der Waals surface area contributed by atoms with Gasteiger partial charge in [0.25, 0.3) is 5.91 Å². The molecule has 1 aromatic carbocycles. The number of aromatic nitrogens is 2. The van der Waals surface area contributed by atoms with Gasteiger partial charge in [-0.3, -0.25) is 14.5 Å². The second kappa shape index (κ2) is 9.58. The highest BCUT2D eigenvalue weighted by atomic mass is 35.5. The minimum atomic E-state index is -0.913. The second-order valence-electron chi connectivity index (χ2n) is 9.25. The van der Waals surface area contributed by atoms with E-state index in [1.54, 1.807) is 32.2 Å². The predicted molar refractivity (Wildman–Crippen MR) is 129 cm³/mol. The quantitative estimate of drug-likeness (QED) is 0.605. The summed E-state index contributed by atoms with van der Waals surface area (Å²) in [5, 5.41) is 3.29. The highest BCUT2D eigenvalue weighted by Crippen LogP contribution is 2.36. The standard InChI is InChI=1S/C24H29ClN6O3/c1-24(2)21(33)31(23(34)29-24)13-5-7-19(32)30-12-4-3-6-18(30)20-17(14-27-22(26)28-20)15-8-10-16(25)11-9-15/h8-11,14,18H,3-7,12-13H2,1-2H3,(H,29,34)(H2,26,27,28)/t18-/m0/s1. The van der Waals surface area contributed by atoms with Gasteiger partial charge in [-0.2, -0.15) is 0 Å². The summed E-state index contributed by atoms with van der Waals surface area (Å²) in [6.07, 6.45) is 4.95. The maximum Gasteiger partial charge on any atom is 0.325 e. The number of amides is 4. The number of piperidine rings is 1. The van der Waals surface area contributed by atoms with Crippen molar-refractivity contribution in [3.8, 4) is 11.1 Å². The summed E-state index contributed by atoms with van der Waals surface area (Å²) in [4.78, 5) is 49.5. The van der Waals surface area contributed by atoms with Crippen LogP contribution >= 0.6 is 11.6 Å². The van der Waals surface area contributed by atoms with Crippen LogP contribution in [-0.2, 0) is 9.59 Å². The molecule has 3 N–H and O–H groups in total. The zero-order valence-corrected chi connectivity index (χ0v) is 20.1. The fourth-order valence-corrected chi connectivity index (χ4v) is 4.71.